The van der Waals surface area contributed by atoms with Crippen molar-refractivity contribution in [2.45, 2.75) is 26.3 Å². The van der Waals surface area contributed by atoms with Gasteiger partial charge in [-0.2, -0.15) is 0 Å². The zero-order valence-corrected chi connectivity index (χ0v) is 10.6. The number of para-hydroxylation sites is 1. The first-order valence-corrected chi connectivity index (χ1v) is 5.43. The van der Waals surface area contributed by atoms with Crippen LogP contribution in [0.1, 0.15) is 26.3 Å². The van der Waals surface area contributed by atoms with Crippen molar-refractivity contribution in [3.63, 3.8) is 0 Å². The lowest BCUT2D eigenvalue weighted by atomic mass is 10.1. The van der Waals surface area contributed by atoms with E-state index in [-0.39, 0.29) is 22.9 Å². The molecule has 1 rings (SSSR count). The minimum atomic E-state index is -0.336. The zero-order chi connectivity index (χ0) is 13.1. The molecule has 2 N–H and O–H groups in total. The summed E-state index contributed by atoms with van der Waals surface area (Å²) in [6.07, 6.45) is 0. The van der Waals surface area contributed by atoms with E-state index in [1.807, 2.05) is 20.8 Å². The molecule has 0 spiro atoms. The third kappa shape index (κ3) is 3.59. The minimum absolute atomic E-state index is 0.0529. The van der Waals surface area contributed by atoms with E-state index in [9.17, 15) is 9.90 Å². The van der Waals surface area contributed by atoms with Crippen LogP contribution in [0.3, 0.4) is 0 Å². The molecule has 1 amide bonds. The fourth-order valence-electron chi connectivity index (χ4n) is 1.42. The highest BCUT2D eigenvalue weighted by atomic mass is 16.3. The van der Waals surface area contributed by atoms with Gasteiger partial charge in [-0.1, -0.05) is 12.1 Å². The Morgan fingerprint density at radius 2 is 1.88 bits per heavy atom. The van der Waals surface area contributed by atoms with Crippen molar-refractivity contribution < 1.29 is 9.90 Å². The number of phenolic OH excluding ortho intramolecular Hbond substituents is 1. The standard InChI is InChI=1S/C13H18N2O2/c1-13(2,3)15-12(17)11(14-4)9-7-5-6-8-10(9)16/h5-8,16H,1-4H3,(H,15,17). The van der Waals surface area contributed by atoms with Crippen LogP contribution >= 0.6 is 0 Å². The molecule has 0 heterocycles. The Morgan fingerprint density at radius 1 is 1.29 bits per heavy atom. The van der Waals surface area contributed by atoms with E-state index in [1.165, 1.54) is 13.1 Å². The summed E-state index contributed by atoms with van der Waals surface area (Å²) < 4.78 is 0. The summed E-state index contributed by atoms with van der Waals surface area (Å²) in [6.45, 7) is 5.68. The van der Waals surface area contributed by atoms with Gasteiger partial charge in [0.2, 0.25) is 0 Å². The molecule has 0 fully saturated rings. The average molecular weight is 234 g/mol. The molecule has 92 valence electrons. The molecule has 0 atom stereocenters. The SMILES string of the molecule is CN=C(C(=O)NC(C)(C)C)c1ccccc1O. The van der Waals surface area contributed by atoms with Gasteiger partial charge in [0.1, 0.15) is 11.5 Å². The predicted molar refractivity (Wildman–Crippen MR) is 68.5 cm³/mol. The van der Waals surface area contributed by atoms with Crippen LogP contribution in [-0.4, -0.2) is 29.3 Å². The second-order valence-corrected chi connectivity index (χ2v) is 4.79. The van der Waals surface area contributed by atoms with Crippen molar-refractivity contribution in [1.82, 2.24) is 5.32 Å². The van der Waals surface area contributed by atoms with Gasteiger partial charge >= 0.3 is 0 Å². The first-order valence-electron chi connectivity index (χ1n) is 5.43. The highest BCUT2D eigenvalue weighted by molar-refractivity contribution is 6.46. The molecule has 1 aromatic rings. The Labute approximate surface area is 101 Å². The third-order valence-electron chi connectivity index (χ3n) is 2.09. The van der Waals surface area contributed by atoms with Gasteiger partial charge in [0, 0.05) is 18.2 Å². The summed E-state index contributed by atoms with van der Waals surface area (Å²) in [5.74, 6) is -0.237. The molecule has 0 aliphatic heterocycles. The number of carbonyl (C=O) groups is 1. The van der Waals surface area contributed by atoms with Gasteiger partial charge < -0.3 is 10.4 Å². The summed E-state index contributed by atoms with van der Waals surface area (Å²) in [7, 11) is 1.53. The lowest BCUT2D eigenvalue weighted by Crippen LogP contribution is -2.44. The second kappa shape index (κ2) is 4.99. The molecule has 0 bridgehead atoms. The average Bonchev–Trinajstić information content (AvgIpc) is 2.19. The number of hydrogen-bond donors (Lipinski definition) is 2. The maximum absolute atomic E-state index is 12.0. The van der Waals surface area contributed by atoms with Gasteiger partial charge in [-0.05, 0) is 32.9 Å². The second-order valence-electron chi connectivity index (χ2n) is 4.79. The van der Waals surface area contributed by atoms with Crippen LogP contribution in [0.25, 0.3) is 0 Å². The number of amides is 1. The number of benzene rings is 1. The predicted octanol–water partition coefficient (Wildman–Crippen LogP) is 1.73. The molecule has 1 aromatic carbocycles. The number of hydrogen-bond acceptors (Lipinski definition) is 3. The van der Waals surface area contributed by atoms with Crippen LogP contribution in [0.4, 0.5) is 0 Å². The van der Waals surface area contributed by atoms with Crippen LogP contribution < -0.4 is 5.32 Å². The Hall–Kier alpha value is -1.84. The van der Waals surface area contributed by atoms with Gasteiger partial charge in [-0.25, -0.2) is 0 Å². The highest BCUT2D eigenvalue weighted by Crippen LogP contribution is 2.17. The lowest BCUT2D eigenvalue weighted by molar-refractivity contribution is -0.116. The van der Waals surface area contributed by atoms with E-state index < -0.39 is 0 Å². The quantitative estimate of drug-likeness (QED) is 0.765. The molecule has 0 radical (unpaired) electrons. The lowest BCUT2D eigenvalue weighted by Gasteiger charge is -2.21. The van der Waals surface area contributed by atoms with Crippen molar-refractivity contribution in [2.75, 3.05) is 7.05 Å². The molecular weight excluding hydrogens is 216 g/mol. The topological polar surface area (TPSA) is 61.7 Å². The number of carbonyl (C=O) groups excluding carboxylic acids is 1. The fourth-order valence-corrected chi connectivity index (χ4v) is 1.42. The summed E-state index contributed by atoms with van der Waals surface area (Å²) in [4.78, 5) is 15.9. The maximum Gasteiger partial charge on any atom is 0.270 e. The Balaban J connectivity index is 3.03. The van der Waals surface area contributed by atoms with Gasteiger partial charge in [0.25, 0.3) is 5.91 Å². The Bertz CT molecular complexity index is 445. The van der Waals surface area contributed by atoms with Gasteiger partial charge in [0.15, 0.2) is 0 Å². The van der Waals surface area contributed by atoms with Crippen LogP contribution in [0.2, 0.25) is 0 Å². The molecule has 0 saturated heterocycles. The number of nitrogens with one attached hydrogen (secondary N) is 1. The van der Waals surface area contributed by atoms with E-state index in [0.717, 1.165) is 0 Å². The smallest absolute Gasteiger partial charge is 0.270 e. The first-order chi connectivity index (χ1) is 7.85. The molecule has 0 saturated carbocycles. The van der Waals surface area contributed by atoms with Crippen molar-refractivity contribution in [1.29, 1.82) is 0 Å². The molecule has 0 aliphatic rings. The normalized spacial score (nSPS) is 12.4. The largest absolute Gasteiger partial charge is 0.507 e. The van der Waals surface area contributed by atoms with E-state index in [2.05, 4.69) is 10.3 Å². The fraction of sp³-hybridized carbons (Fsp3) is 0.385. The highest BCUT2D eigenvalue weighted by Gasteiger charge is 2.21. The third-order valence-corrected chi connectivity index (χ3v) is 2.09. The monoisotopic (exact) mass is 234 g/mol. The summed E-state index contributed by atoms with van der Waals surface area (Å²) in [5.41, 5.74) is 0.340. The van der Waals surface area contributed by atoms with Crippen molar-refractivity contribution in [2.24, 2.45) is 4.99 Å². The van der Waals surface area contributed by atoms with Crippen molar-refractivity contribution >= 4 is 11.6 Å². The summed E-state index contributed by atoms with van der Waals surface area (Å²) in [5, 5.41) is 12.5. The van der Waals surface area contributed by atoms with Gasteiger partial charge in [-0.15, -0.1) is 0 Å². The number of phenols is 1. The van der Waals surface area contributed by atoms with E-state index in [1.54, 1.807) is 18.2 Å². The number of aliphatic imine (C=N–C) groups is 1. The van der Waals surface area contributed by atoms with Crippen molar-refractivity contribution in [3.05, 3.63) is 29.8 Å². The van der Waals surface area contributed by atoms with E-state index in [4.69, 9.17) is 0 Å². The van der Waals surface area contributed by atoms with Gasteiger partial charge in [0.05, 0.1) is 0 Å². The summed E-state index contributed by atoms with van der Waals surface area (Å²) in [6, 6.07) is 6.66. The summed E-state index contributed by atoms with van der Waals surface area (Å²) >= 11 is 0. The number of nitrogens with zero attached hydrogens (tertiary/aromatic N) is 1. The molecule has 0 aromatic heterocycles. The molecule has 17 heavy (non-hydrogen) atoms. The zero-order valence-electron chi connectivity index (χ0n) is 10.6. The van der Waals surface area contributed by atoms with Crippen molar-refractivity contribution in [3.8, 4) is 5.75 Å². The molecule has 0 unspecified atom stereocenters. The van der Waals surface area contributed by atoms with Crippen LogP contribution in [0.5, 0.6) is 5.75 Å². The first kappa shape index (κ1) is 13.2. The minimum Gasteiger partial charge on any atom is -0.507 e. The molecule has 0 aliphatic carbocycles. The molecule has 4 nitrogen and oxygen atoms in total. The Kier molecular flexibility index (Phi) is 3.89. The molecule has 4 heteroatoms. The number of rotatable bonds is 2. The number of aromatic hydroxyl groups is 1. The molecular formula is C13H18N2O2. The van der Waals surface area contributed by atoms with Crippen LogP contribution in [0, 0.1) is 0 Å². The van der Waals surface area contributed by atoms with Crippen LogP contribution in [0.15, 0.2) is 29.3 Å². The van der Waals surface area contributed by atoms with E-state index >= 15 is 0 Å². The maximum atomic E-state index is 12.0. The Morgan fingerprint density at radius 3 is 2.35 bits per heavy atom. The van der Waals surface area contributed by atoms with Gasteiger partial charge in [-0.3, -0.25) is 9.79 Å². The van der Waals surface area contributed by atoms with E-state index in [0.29, 0.717) is 5.56 Å². The van der Waals surface area contributed by atoms with Crippen LogP contribution in [-0.2, 0) is 4.79 Å².